The molecule has 0 amide bonds. The van der Waals surface area contributed by atoms with E-state index in [0.29, 0.717) is 17.4 Å². The number of phenols is 1. The molecule has 2 aliphatic carbocycles. The minimum absolute atomic E-state index is 0.194. The van der Waals surface area contributed by atoms with Crippen LogP contribution in [-0.2, 0) is 19.3 Å². The predicted octanol–water partition coefficient (Wildman–Crippen LogP) is 4.23. The highest BCUT2D eigenvalue weighted by Gasteiger charge is 2.47. The van der Waals surface area contributed by atoms with Crippen molar-refractivity contribution in [3.05, 3.63) is 63.6 Å². The molecule has 0 aliphatic heterocycles. The Hall–Kier alpha value is -2.16. The molecule has 2 aliphatic rings. The quantitative estimate of drug-likeness (QED) is 0.794. The summed E-state index contributed by atoms with van der Waals surface area (Å²) in [5.41, 5.74) is 5.94. The Balaban J connectivity index is 1.74. The Morgan fingerprint density at radius 3 is 2.62 bits per heavy atom. The van der Waals surface area contributed by atoms with Crippen LogP contribution in [0.25, 0.3) is 0 Å². The first kappa shape index (κ1) is 12.6. The summed E-state index contributed by atoms with van der Waals surface area (Å²) in [5, 5.41) is 12.7. The van der Waals surface area contributed by atoms with E-state index < -0.39 is 0 Å². The maximum Gasteiger partial charge on any atom is 0.115 e. The highest BCUT2D eigenvalue weighted by molar-refractivity contribution is 5.51. The molecular formula is C18H17NO2. The van der Waals surface area contributed by atoms with Gasteiger partial charge in [0.15, 0.2) is 0 Å². The topological polar surface area (TPSA) is 49.7 Å². The van der Waals surface area contributed by atoms with Gasteiger partial charge in [-0.25, -0.2) is 0 Å². The first-order valence-electron chi connectivity index (χ1n) is 7.38. The molecule has 0 saturated heterocycles. The van der Waals surface area contributed by atoms with Crippen molar-refractivity contribution >= 4 is 5.69 Å². The molecular weight excluding hydrogens is 262 g/mol. The number of nitrogens with zero attached hydrogens (tertiary/aromatic N) is 1. The lowest BCUT2D eigenvalue weighted by molar-refractivity contribution is 0.273. The van der Waals surface area contributed by atoms with E-state index in [9.17, 15) is 10.0 Å². The fraction of sp³-hybridized carbons (Fsp3) is 0.333. The molecule has 1 spiro atoms. The molecule has 2 aromatic rings. The second-order valence-corrected chi connectivity index (χ2v) is 6.54. The number of hydrogen-bond acceptors (Lipinski definition) is 3. The predicted molar refractivity (Wildman–Crippen MR) is 82.0 cm³/mol. The molecule has 2 atom stereocenters. The van der Waals surface area contributed by atoms with Crippen molar-refractivity contribution in [2.75, 3.05) is 0 Å². The van der Waals surface area contributed by atoms with Crippen LogP contribution < -0.4 is 0 Å². The number of hydrogen-bond donors (Lipinski definition) is 1. The lowest BCUT2D eigenvalue weighted by atomic mass is 9.74. The van der Waals surface area contributed by atoms with Gasteiger partial charge in [-0.05, 0) is 82.3 Å². The third-order valence-corrected chi connectivity index (χ3v) is 5.43. The van der Waals surface area contributed by atoms with Gasteiger partial charge in [-0.3, -0.25) is 0 Å². The van der Waals surface area contributed by atoms with Crippen LogP contribution in [0.4, 0.5) is 5.69 Å². The van der Waals surface area contributed by atoms with E-state index in [1.54, 1.807) is 6.07 Å². The molecule has 0 heterocycles. The molecule has 0 radical (unpaired) electrons. The van der Waals surface area contributed by atoms with Gasteiger partial charge in [-0.1, -0.05) is 19.1 Å². The molecule has 2 aromatic carbocycles. The molecule has 0 fully saturated rings. The van der Waals surface area contributed by atoms with Crippen molar-refractivity contribution in [1.29, 1.82) is 0 Å². The molecule has 0 saturated carbocycles. The number of nitroso groups, excluding NO2 is 1. The smallest absolute Gasteiger partial charge is 0.115 e. The normalized spacial score (nSPS) is 25.9. The maximum absolute atomic E-state index is 10.7. The van der Waals surface area contributed by atoms with Gasteiger partial charge in [-0.2, -0.15) is 0 Å². The zero-order chi connectivity index (χ0) is 14.6. The van der Waals surface area contributed by atoms with E-state index in [1.807, 2.05) is 24.3 Å². The first-order chi connectivity index (χ1) is 10.1. The number of fused-ring (bicyclic) bond motifs is 2. The van der Waals surface area contributed by atoms with Gasteiger partial charge in [0.25, 0.3) is 0 Å². The minimum atomic E-state index is 0.194. The molecule has 2 unspecified atom stereocenters. The van der Waals surface area contributed by atoms with E-state index in [-0.39, 0.29) is 5.41 Å². The average molecular weight is 279 g/mol. The van der Waals surface area contributed by atoms with E-state index in [1.165, 1.54) is 22.3 Å². The van der Waals surface area contributed by atoms with Crippen molar-refractivity contribution in [2.24, 2.45) is 10.6 Å². The molecule has 1 N–H and O–H groups in total. The van der Waals surface area contributed by atoms with Crippen molar-refractivity contribution in [2.45, 2.75) is 32.1 Å². The fourth-order valence-corrected chi connectivity index (χ4v) is 4.29. The molecule has 3 heteroatoms. The van der Waals surface area contributed by atoms with Crippen molar-refractivity contribution in [3.63, 3.8) is 0 Å². The van der Waals surface area contributed by atoms with Gasteiger partial charge >= 0.3 is 0 Å². The fourth-order valence-electron chi connectivity index (χ4n) is 4.29. The lowest BCUT2D eigenvalue weighted by Crippen LogP contribution is -2.25. The van der Waals surface area contributed by atoms with Crippen molar-refractivity contribution in [1.82, 2.24) is 0 Å². The summed E-state index contributed by atoms with van der Waals surface area (Å²) in [5.74, 6) is 0.809. The van der Waals surface area contributed by atoms with Gasteiger partial charge in [0.2, 0.25) is 0 Å². The zero-order valence-corrected chi connectivity index (χ0v) is 12.0. The summed E-state index contributed by atoms with van der Waals surface area (Å²) in [7, 11) is 0. The Morgan fingerprint density at radius 1 is 1.05 bits per heavy atom. The standard InChI is InChI=1S/C18H17NO2/c1-11-17-5-3-15(19-21)6-14(17)10-18(11)8-12-2-4-16(20)7-13(12)9-18/h2-7,11,20H,8-10H2,1H3. The summed E-state index contributed by atoms with van der Waals surface area (Å²) < 4.78 is 0. The molecule has 0 aromatic heterocycles. The first-order valence-corrected chi connectivity index (χ1v) is 7.38. The largest absolute Gasteiger partial charge is 0.508 e. The van der Waals surface area contributed by atoms with E-state index >= 15 is 0 Å². The summed E-state index contributed by atoms with van der Waals surface area (Å²) in [6, 6.07) is 11.5. The van der Waals surface area contributed by atoms with Crippen LogP contribution in [0, 0.1) is 10.3 Å². The highest BCUT2D eigenvalue weighted by Crippen LogP contribution is 2.55. The Kier molecular flexibility index (Phi) is 2.49. The number of rotatable bonds is 1. The monoisotopic (exact) mass is 279 g/mol. The van der Waals surface area contributed by atoms with E-state index in [2.05, 4.69) is 18.2 Å². The molecule has 3 nitrogen and oxygen atoms in total. The van der Waals surface area contributed by atoms with Crippen LogP contribution >= 0.6 is 0 Å². The molecule has 21 heavy (non-hydrogen) atoms. The maximum atomic E-state index is 10.7. The van der Waals surface area contributed by atoms with Gasteiger partial charge in [0, 0.05) is 0 Å². The highest BCUT2D eigenvalue weighted by atomic mass is 16.3. The van der Waals surface area contributed by atoms with E-state index in [0.717, 1.165) is 19.3 Å². The van der Waals surface area contributed by atoms with Crippen molar-refractivity contribution in [3.8, 4) is 5.75 Å². The molecule has 0 bridgehead atoms. The van der Waals surface area contributed by atoms with Gasteiger partial charge < -0.3 is 5.11 Å². The van der Waals surface area contributed by atoms with Gasteiger partial charge in [0.1, 0.15) is 11.4 Å². The van der Waals surface area contributed by atoms with Crippen molar-refractivity contribution < 1.29 is 5.11 Å². The average Bonchev–Trinajstić information content (AvgIpc) is 2.96. The van der Waals surface area contributed by atoms with Crippen LogP contribution in [-0.4, -0.2) is 5.11 Å². The Bertz CT molecular complexity index is 753. The molecule has 106 valence electrons. The number of aromatic hydroxyl groups is 1. The number of phenolic OH excluding ortho intramolecular Hbond substituents is 1. The van der Waals surface area contributed by atoms with Crippen LogP contribution in [0.1, 0.15) is 35.1 Å². The number of benzene rings is 2. The van der Waals surface area contributed by atoms with Crippen LogP contribution in [0.2, 0.25) is 0 Å². The molecule has 4 rings (SSSR count). The Labute approximate surface area is 123 Å². The third-order valence-electron chi connectivity index (χ3n) is 5.43. The minimum Gasteiger partial charge on any atom is -0.508 e. The lowest BCUT2D eigenvalue weighted by Gasteiger charge is -2.29. The SMILES string of the molecule is CC1c2ccc(N=O)cc2CC12Cc1ccc(O)cc1C2. The summed E-state index contributed by atoms with van der Waals surface area (Å²) in [6.45, 7) is 2.28. The van der Waals surface area contributed by atoms with Crippen LogP contribution in [0.15, 0.2) is 41.6 Å². The van der Waals surface area contributed by atoms with E-state index in [4.69, 9.17) is 0 Å². The second kappa shape index (κ2) is 4.17. The summed E-state index contributed by atoms with van der Waals surface area (Å²) in [4.78, 5) is 10.7. The summed E-state index contributed by atoms with van der Waals surface area (Å²) >= 11 is 0. The van der Waals surface area contributed by atoms with Gasteiger partial charge in [-0.15, -0.1) is 4.91 Å². The zero-order valence-electron chi connectivity index (χ0n) is 12.0. The Morgan fingerprint density at radius 2 is 1.81 bits per heavy atom. The summed E-state index contributed by atoms with van der Waals surface area (Å²) in [6.07, 6.45) is 3.03. The third kappa shape index (κ3) is 1.73. The second-order valence-electron chi connectivity index (χ2n) is 6.54. The van der Waals surface area contributed by atoms with Crippen LogP contribution in [0.5, 0.6) is 5.75 Å². The van der Waals surface area contributed by atoms with Gasteiger partial charge in [0.05, 0.1) is 0 Å². The van der Waals surface area contributed by atoms with Crippen LogP contribution in [0.3, 0.4) is 0 Å².